The van der Waals surface area contributed by atoms with Gasteiger partial charge in [-0.25, -0.2) is 4.98 Å². The van der Waals surface area contributed by atoms with Crippen LogP contribution in [0.4, 0.5) is 5.69 Å². The van der Waals surface area contributed by atoms with Crippen molar-refractivity contribution in [3.63, 3.8) is 0 Å². The largest absolute Gasteiger partial charge is 0.297 e. The van der Waals surface area contributed by atoms with Crippen molar-refractivity contribution in [3.05, 3.63) is 62.4 Å². The highest BCUT2D eigenvalue weighted by Gasteiger charge is 2.11. The van der Waals surface area contributed by atoms with E-state index in [-0.39, 0.29) is 5.69 Å². The molecular weight excluding hydrogens is 286 g/mol. The van der Waals surface area contributed by atoms with Gasteiger partial charge < -0.3 is 0 Å². The lowest BCUT2D eigenvalue weighted by atomic mass is 10.1. The normalized spacial score (nSPS) is 11.0. The van der Waals surface area contributed by atoms with E-state index in [2.05, 4.69) is 4.98 Å². The van der Waals surface area contributed by atoms with Gasteiger partial charge in [0.2, 0.25) is 0 Å². The van der Waals surface area contributed by atoms with E-state index in [1.807, 2.05) is 22.2 Å². The number of thiazole rings is 1. The Kier molecular flexibility index (Phi) is 2.96. The summed E-state index contributed by atoms with van der Waals surface area (Å²) in [4.78, 5) is 15.6. The van der Waals surface area contributed by atoms with E-state index < -0.39 is 4.92 Å². The molecule has 0 saturated heterocycles. The Balaban J connectivity index is 1.90. The number of imidazole rings is 1. The molecule has 3 rings (SSSR count). The van der Waals surface area contributed by atoms with Crippen molar-refractivity contribution in [2.75, 3.05) is 0 Å². The molecule has 0 atom stereocenters. The Morgan fingerprint density at radius 3 is 3.00 bits per heavy atom. The van der Waals surface area contributed by atoms with Gasteiger partial charge in [0, 0.05) is 36.3 Å². The predicted molar refractivity (Wildman–Crippen MR) is 74.0 cm³/mol. The van der Waals surface area contributed by atoms with E-state index in [1.165, 1.54) is 12.1 Å². The van der Waals surface area contributed by atoms with Gasteiger partial charge in [-0.2, -0.15) is 0 Å². The maximum absolute atomic E-state index is 10.6. The van der Waals surface area contributed by atoms with Crippen LogP contribution < -0.4 is 0 Å². The van der Waals surface area contributed by atoms with Crippen LogP contribution in [0.5, 0.6) is 0 Å². The highest BCUT2D eigenvalue weighted by Crippen LogP contribution is 2.25. The fraction of sp³-hybridized carbons (Fsp3) is 0.0833. The SMILES string of the molecule is O=[N+]([O-])c1ccc(Cc2cn3ccsc3n2)c(Cl)c1. The minimum absolute atomic E-state index is 0.000395. The van der Waals surface area contributed by atoms with E-state index in [9.17, 15) is 10.1 Å². The minimum atomic E-state index is -0.456. The van der Waals surface area contributed by atoms with E-state index in [0.717, 1.165) is 16.2 Å². The van der Waals surface area contributed by atoms with Crippen molar-refractivity contribution in [3.8, 4) is 0 Å². The molecule has 2 heterocycles. The van der Waals surface area contributed by atoms with Gasteiger partial charge in [0.15, 0.2) is 4.96 Å². The lowest BCUT2D eigenvalue weighted by molar-refractivity contribution is -0.384. The number of aromatic nitrogens is 2. The molecule has 0 bridgehead atoms. The lowest BCUT2D eigenvalue weighted by Gasteiger charge is -2.01. The Bertz CT molecular complexity index is 737. The van der Waals surface area contributed by atoms with E-state index in [1.54, 1.807) is 17.4 Å². The zero-order valence-corrected chi connectivity index (χ0v) is 11.2. The number of rotatable bonds is 3. The second kappa shape index (κ2) is 4.64. The molecule has 1 aromatic carbocycles. The molecule has 3 aromatic rings. The quantitative estimate of drug-likeness (QED) is 0.548. The van der Waals surface area contributed by atoms with Crippen LogP contribution in [-0.2, 0) is 6.42 Å². The number of halogens is 1. The standard InChI is InChI=1S/C12H8ClN3O2S/c13-11-6-10(16(17)18)2-1-8(11)5-9-7-15-3-4-19-12(15)14-9/h1-4,6-7H,5H2. The van der Waals surface area contributed by atoms with E-state index in [4.69, 9.17) is 11.6 Å². The summed E-state index contributed by atoms with van der Waals surface area (Å²) in [5.41, 5.74) is 1.72. The van der Waals surface area contributed by atoms with Crippen molar-refractivity contribution in [2.45, 2.75) is 6.42 Å². The minimum Gasteiger partial charge on any atom is -0.297 e. The third kappa shape index (κ3) is 2.32. The van der Waals surface area contributed by atoms with Gasteiger partial charge in [-0.05, 0) is 5.56 Å². The van der Waals surface area contributed by atoms with Crippen LogP contribution in [0.25, 0.3) is 4.96 Å². The molecule has 7 heteroatoms. The van der Waals surface area contributed by atoms with Crippen molar-refractivity contribution < 1.29 is 4.92 Å². The average molecular weight is 294 g/mol. The maximum Gasteiger partial charge on any atom is 0.270 e. The van der Waals surface area contributed by atoms with Crippen LogP contribution >= 0.6 is 22.9 Å². The summed E-state index contributed by atoms with van der Waals surface area (Å²) in [6, 6.07) is 4.50. The van der Waals surface area contributed by atoms with Crippen molar-refractivity contribution in [1.82, 2.24) is 9.38 Å². The van der Waals surface area contributed by atoms with Crippen LogP contribution in [0.3, 0.4) is 0 Å². The molecule has 2 aromatic heterocycles. The number of fused-ring (bicyclic) bond motifs is 1. The molecule has 0 amide bonds. The summed E-state index contributed by atoms with van der Waals surface area (Å²) in [6.07, 6.45) is 4.43. The number of nitro groups is 1. The van der Waals surface area contributed by atoms with E-state index in [0.29, 0.717) is 11.4 Å². The fourth-order valence-electron chi connectivity index (χ4n) is 1.85. The molecule has 96 valence electrons. The van der Waals surface area contributed by atoms with Crippen molar-refractivity contribution in [1.29, 1.82) is 0 Å². The molecule has 0 spiro atoms. The zero-order chi connectivity index (χ0) is 13.4. The Labute approximate surface area is 117 Å². The first-order valence-electron chi connectivity index (χ1n) is 5.47. The number of benzene rings is 1. The molecule has 0 aliphatic rings. The second-order valence-electron chi connectivity index (χ2n) is 4.03. The summed E-state index contributed by atoms with van der Waals surface area (Å²) >= 11 is 7.62. The molecule has 0 N–H and O–H groups in total. The third-order valence-electron chi connectivity index (χ3n) is 2.76. The predicted octanol–water partition coefficient (Wildman–Crippen LogP) is 3.55. The average Bonchev–Trinajstić information content (AvgIpc) is 2.92. The van der Waals surface area contributed by atoms with Gasteiger partial charge in [0.1, 0.15) is 0 Å². The molecule has 0 aliphatic heterocycles. The first-order chi connectivity index (χ1) is 9.13. The van der Waals surface area contributed by atoms with Crippen LogP contribution in [0.1, 0.15) is 11.3 Å². The molecule has 0 fully saturated rings. The number of hydrogen-bond acceptors (Lipinski definition) is 4. The van der Waals surface area contributed by atoms with E-state index >= 15 is 0 Å². The summed E-state index contributed by atoms with van der Waals surface area (Å²) < 4.78 is 1.94. The lowest BCUT2D eigenvalue weighted by Crippen LogP contribution is -1.93. The number of non-ortho nitro benzene ring substituents is 1. The van der Waals surface area contributed by atoms with Gasteiger partial charge in [-0.1, -0.05) is 17.7 Å². The molecule has 5 nitrogen and oxygen atoms in total. The second-order valence-corrected chi connectivity index (χ2v) is 5.31. The monoisotopic (exact) mass is 293 g/mol. The van der Waals surface area contributed by atoms with Crippen molar-refractivity contribution >= 4 is 33.6 Å². The first-order valence-corrected chi connectivity index (χ1v) is 6.73. The topological polar surface area (TPSA) is 60.4 Å². The molecular formula is C12H8ClN3O2S. The molecule has 0 aliphatic carbocycles. The maximum atomic E-state index is 10.6. The van der Waals surface area contributed by atoms with Crippen LogP contribution in [0.2, 0.25) is 5.02 Å². The Morgan fingerprint density at radius 2 is 2.32 bits per heavy atom. The number of hydrogen-bond donors (Lipinski definition) is 0. The molecule has 0 radical (unpaired) electrons. The summed E-state index contributed by atoms with van der Waals surface area (Å²) in [5.74, 6) is 0. The third-order valence-corrected chi connectivity index (χ3v) is 3.88. The summed E-state index contributed by atoms with van der Waals surface area (Å²) in [5, 5.41) is 13.0. The smallest absolute Gasteiger partial charge is 0.270 e. The zero-order valence-electron chi connectivity index (χ0n) is 9.62. The summed E-state index contributed by atoms with van der Waals surface area (Å²) in [6.45, 7) is 0. The molecule has 0 unspecified atom stereocenters. The highest BCUT2D eigenvalue weighted by atomic mass is 35.5. The van der Waals surface area contributed by atoms with Crippen LogP contribution in [-0.4, -0.2) is 14.3 Å². The number of nitro benzene ring substituents is 1. The van der Waals surface area contributed by atoms with Gasteiger partial charge >= 0.3 is 0 Å². The first kappa shape index (κ1) is 12.1. The van der Waals surface area contributed by atoms with Gasteiger partial charge in [-0.3, -0.25) is 14.5 Å². The fourth-order valence-corrected chi connectivity index (χ4v) is 2.81. The number of nitrogens with zero attached hydrogens (tertiary/aromatic N) is 3. The highest BCUT2D eigenvalue weighted by molar-refractivity contribution is 7.15. The van der Waals surface area contributed by atoms with Crippen molar-refractivity contribution in [2.24, 2.45) is 0 Å². The molecule has 19 heavy (non-hydrogen) atoms. The summed E-state index contributed by atoms with van der Waals surface area (Å²) in [7, 11) is 0. The van der Waals surface area contributed by atoms with Gasteiger partial charge in [-0.15, -0.1) is 11.3 Å². The molecule has 0 saturated carbocycles. The Hall–Kier alpha value is -1.92. The van der Waals surface area contributed by atoms with Gasteiger partial charge in [0.05, 0.1) is 15.6 Å². The Morgan fingerprint density at radius 1 is 1.47 bits per heavy atom. The van der Waals surface area contributed by atoms with Gasteiger partial charge in [0.25, 0.3) is 5.69 Å². The van der Waals surface area contributed by atoms with Crippen LogP contribution in [0.15, 0.2) is 36.0 Å². The van der Waals surface area contributed by atoms with Crippen LogP contribution in [0, 0.1) is 10.1 Å².